The molecule has 0 spiro atoms. The van der Waals surface area contributed by atoms with E-state index in [1.54, 1.807) is 0 Å². The van der Waals surface area contributed by atoms with Gasteiger partial charge in [0.2, 0.25) is 5.69 Å². The zero-order chi connectivity index (χ0) is 18.4. The smallest absolute Gasteiger partial charge is 0.213 e. The molecule has 0 radical (unpaired) electrons. The third-order valence-electron chi connectivity index (χ3n) is 5.06. The van der Waals surface area contributed by atoms with Crippen molar-refractivity contribution in [2.24, 2.45) is 7.05 Å². The number of aromatic nitrogens is 1. The number of aryl methyl sites for hydroxylation is 2. The molecular formula is C23H21N2O+. The summed E-state index contributed by atoms with van der Waals surface area (Å²) in [5.74, 6) is 0.431. The summed E-state index contributed by atoms with van der Waals surface area (Å²) in [4.78, 5) is 0. The van der Waals surface area contributed by atoms with Gasteiger partial charge in [0.1, 0.15) is 18.7 Å². The van der Waals surface area contributed by atoms with Crippen LogP contribution in [0.5, 0.6) is 0 Å². The maximum atomic E-state index is 9.63. The van der Waals surface area contributed by atoms with E-state index in [0.29, 0.717) is 17.1 Å². The Balaban J connectivity index is 2.22. The van der Waals surface area contributed by atoms with Gasteiger partial charge in [0.15, 0.2) is 11.8 Å². The Kier molecular flexibility index (Phi) is 3.77. The topological polar surface area (TPSA) is 40.8 Å². The van der Waals surface area contributed by atoms with E-state index in [1.165, 1.54) is 5.56 Å². The number of hydrogen-bond donors (Lipinski definition) is 0. The highest BCUT2D eigenvalue weighted by molar-refractivity contribution is 6.14. The van der Waals surface area contributed by atoms with Crippen molar-refractivity contribution in [3.8, 4) is 17.3 Å². The number of fused-ring (bicyclic) bond motifs is 3. The Morgan fingerprint density at radius 3 is 2.62 bits per heavy atom. The molecule has 0 saturated heterocycles. The summed E-state index contributed by atoms with van der Waals surface area (Å²) in [6, 6.07) is 16.7. The van der Waals surface area contributed by atoms with Crippen LogP contribution in [0.2, 0.25) is 0 Å². The first-order valence-electron chi connectivity index (χ1n) is 8.86. The fourth-order valence-corrected chi connectivity index (χ4v) is 3.66. The van der Waals surface area contributed by atoms with Gasteiger partial charge in [-0.2, -0.15) is 5.26 Å². The number of furan rings is 1. The molecule has 26 heavy (non-hydrogen) atoms. The van der Waals surface area contributed by atoms with Crippen molar-refractivity contribution in [2.45, 2.75) is 26.7 Å². The van der Waals surface area contributed by atoms with Gasteiger partial charge in [0, 0.05) is 22.9 Å². The standard InChI is InChI=1S/C23H21N2O/c1-14(2)16-8-9-20-18(12-16)22-21(19-7-5-6-10-25(19)4)15(3)11-17(13-24)23(22)26-20/h5-12,14H,1-4H3/q+1. The quantitative estimate of drug-likeness (QED) is 0.459. The molecule has 0 fully saturated rings. The van der Waals surface area contributed by atoms with Gasteiger partial charge in [0.25, 0.3) is 0 Å². The number of nitriles is 1. The molecule has 2 aromatic heterocycles. The summed E-state index contributed by atoms with van der Waals surface area (Å²) < 4.78 is 8.24. The van der Waals surface area contributed by atoms with Gasteiger partial charge in [-0.1, -0.05) is 19.9 Å². The third-order valence-corrected chi connectivity index (χ3v) is 5.06. The highest BCUT2D eigenvalue weighted by Crippen LogP contribution is 2.40. The molecule has 2 heterocycles. The van der Waals surface area contributed by atoms with Crippen LogP contribution in [0.15, 0.2) is 53.1 Å². The van der Waals surface area contributed by atoms with Gasteiger partial charge in [-0.15, -0.1) is 0 Å². The normalized spacial score (nSPS) is 11.4. The second kappa shape index (κ2) is 6.00. The van der Waals surface area contributed by atoms with Gasteiger partial charge < -0.3 is 4.42 Å². The Morgan fingerprint density at radius 1 is 1.12 bits per heavy atom. The van der Waals surface area contributed by atoms with Crippen LogP contribution in [-0.4, -0.2) is 0 Å². The van der Waals surface area contributed by atoms with E-state index < -0.39 is 0 Å². The van der Waals surface area contributed by atoms with Crippen LogP contribution in [-0.2, 0) is 7.05 Å². The van der Waals surface area contributed by atoms with Gasteiger partial charge >= 0.3 is 0 Å². The Bertz CT molecular complexity index is 1190. The highest BCUT2D eigenvalue weighted by Gasteiger charge is 2.23. The molecule has 0 bridgehead atoms. The molecule has 3 heteroatoms. The lowest BCUT2D eigenvalue weighted by atomic mass is 9.94. The maximum Gasteiger partial charge on any atom is 0.213 e. The van der Waals surface area contributed by atoms with Crippen molar-refractivity contribution in [1.82, 2.24) is 0 Å². The number of nitrogens with zero attached hydrogens (tertiary/aromatic N) is 2. The van der Waals surface area contributed by atoms with Crippen LogP contribution in [0.1, 0.15) is 36.5 Å². The number of benzene rings is 2. The van der Waals surface area contributed by atoms with E-state index in [-0.39, 0.29) is 0 Å². The molecule has 0 N–H and O–H groups in total. The molecule has 0 aliphatic carbocycles. The van der Waals surface area contributed by atoms with Crippen LogP contribution in [0, 0.1) is 18.3 Å². The van der Waals surface area contributed by atoms with E-state index in [9.17, 15) is 5.26 Å². The number of rotatable bonds is 2. The molecule has 0 aliphatic rings. The molecule has 3 nitrogen and oxygen atoms in total. The first kappa shape index (κ1) is 16.4. The second-order valence-electron chi connectivity index (χ2n) is 7.14. The molecule has 4 aromatic rings. The molecule has 0 unspecified atom stereocenters. The van der Waals surface area contributed by atoms with Gasteiger partial charge in [-0.3, -0.25) is 0 Å². The molecule has 2 aromatic carbocycles. The molecule has 128 valence electrons. The average molecular weight is 341 g/mol. The molecule has 4 rings (SSSR count). The van der Waals surface area contributed by atoms with E-state index in [1.807, 2.05) is 37.5 Å². The summed E-state index contributed by atoms with van der Waals surface area (Å²) in [7, 11) is 2.04. The summed E-state index contributed by atoms with van der Waals surface area (Å²) >= 11 is 0. The molecule has 0 aliphatic heterocycles. The minimum Gasteiger partial charge on any atom is -0.455 e. The van der Waals surface area contributed by atoms with E-state index in [2.05, 4.69) is 49.6 Å². The van der Waals surface area contributed by atoms with Gasteiger partial charge in [-0.25, -0.2) is 4.57 Å². The van der Waals surface area contributed by atoms with Crippen LogP contribution in [0.4, 0.5) is 0 Å². The molecular weight excluding hydrogens is 320 g/mol. The Labute approximate surface area is 153 Å². The minimum atomic E-state index is 0.431. The van der Waals surface area contributed by atoms with Crippen molar-refractivity contribution >= 4 is 21.9 Å². The lowest BCUT2D eigenvalue weighted by molar-refractivity contribution is -0.660. The second-order valence-corrected chi connectivity index (χ2v) is 7.14. The minimum absolute atomic E-state index is 0.431. The summed E-state index contributed by atoms with van der Waals surface area (Å²) in [6.07, 6.45) is 2.04. The largest absolute Gasteiger partial charge is 0.455 e. The van der Waals surface area contributed by atoms with Crippen molar-refractivity contribution < 1.29 is 8.98 Å². The predicted octanol–water partition coefficient (Wildman–Crippen LogP) is 5.38. The third kappa shape index (κ3) is 2.38. The van der Waals surface area contributed by atoms with Gasteiger partial charge in [0.05, 0.1) is 11.1 Å². The number of pyridine rings is 1. The van der Waals surface area contributed by atoms with E-state index in [0.717, 1.165) is 33.2 Å². The number of hydrogen-bond acceptors (Lipinski definition) is 2. The Hall–Kier alpha value is -3.12. The molecule has 0 amide bonds. The van der Waals surface area contributed by atoms with Crippen molar-refractivity contribution in [3.63, 3.8) is 0 Å². The molecule has 0 atom stereocenters. The lowest BCUT2D eigenvalue weighted by Crippen LogP contribution is -2.30. The molecule has 0 saturated carbocycles. The SMILES string of the molecule is Cc1cc(C#N)c2oc3ccc(C(C)C)cc3c2c1-c1cccc[n+]1C. The summed E-state index contributed by atoms with van der Waals surface area (Å²) in [5.41, 5.74) is 6.66. The first-order valence-corrected chi connectivity index (χ1v) is 8.86. The van der Waals surface area contributed by atoms with Crippen LogP contribution in [0.3, 0.4) is 0 Å². The maximum absolute atomic E-state index is 9.63. The van der Waals surface area contributed by atoms with Crippen molar-refractivity contribution in [3.05, 3.63) is 65.4 Å². The van der Waals surface area contributed by atoms with Gasteiger partial charge in [-0.05, 0) is 48.2 Å². The Morgan fingerprint density at radius 2 is 1.92 bits per heavy atom. The van der Waals surface area contributed by atoms with E-state index in [4.69, 9.17) is 4.42 Å². The monoisotopic (exact) mass is 341 g/mol. The predicted molar refractivity (Wildman–Crippen MR) is 104 cm³/mol. The fraction of sp³-hybridized carbons (Fsp3) is 0.217. The van der Waals surface area contributed by atoms with Crippen LogP contribution >= 0.6 is 0 Å². The van der Waals surface area contributed by atoms with Crippen LogP contribution < -0.4 is 4.57 Å². The lowest BCUT2D eigenvalue weighted by Gasteiger charge is -2.08. The zero-order valence-corrected chi connectivity index (χ0v) is 15.5. The summed E-state index contributed by atoms with van der Waals surface area (Å²) in [6.45, 7) is 6.44. The van der Waals surface area contributed by atoms with Crippen molar-refractivity contribution in [1.29, 1.82) is 5.26 Å². The van der Waals surface area contributed by atoms with Crippen LogP contribution in [0.25, 0.3) is 33.2 Å². The average Bonchev–Trinajstić information content (AvgIpc) is 3.00. The van der Waals surface area contributed by atoms with Crippen molar-refractivity contribution in [2.75, 3.05) is 0 Å². The first-order chi connectivity index (χ1) is 12.5. The fourth-order valence-electron chi connectivity index (χ4n) is 3.66. The van der Waals surface area contributed by atoms with E-state index >= 15 is 0 Å². The summed E-state index contributed by atoms with van der Waals surface area (Å²) in [5, 5.41) is 11.7. The highest BCUT2D eigenvalue weighted by atomic mass is 16.3. The zero-order valence-electron chi connectivity index (χ0n) is 15.5.